The number of aryl methyl sites for hydroxylation is 1. The van der Waals surface area contributed by atoms with Gasteiger partial charge >= 0.3 is 6.18 Å². The van der Waals surface area contributed by atoms with Crippen LogP contribution in [0.2, 0.25) is 0 Å². The second kappa shape index (κ2) is 13.2. The Bertz CT molecular complexity index is 1560. The van der Waals surface area contributed by atoms with E-state index < -0.39 is 57.7 Å². The topological polar surface area (TPSA) is 86.8 Å². The molecule has 0 aromatic heterocycles. The van der Waals surface area contributed by atoms with E-state index in [0.29, 0.717) is 10.4 Å². The third kappa shape index (κ3) is 7.73. The van der Waals surface area contributed by atoms with E-state index in [4.69, 9.17) is 0 Å². The lowest BCUT2D eigenvalue weighted by Crippen LogP contribution is -2.52. The van der Waals surface area contributed by atoms with Crippen LogP contribution in [0.1, 0.15) is 49.3 Å². The number of nitrogens with zero attached hydrogens (tertiary/aromatic N) is 2. The average molecular weight is 620 g/mol. The molecule has 1 N–H and O–H groups in total. The Morgan fingerprint density at radius 3 is 2.26 bits per heavy atom. The maximum atomic E-state index is 14.7. The maximum Gasteiger partial charge on any atom is 0.416 e. The number of carbonyl (C=O) groups excluding carboxylic acids is 2. The van der Waals surface area contributed by atoms with E-state index in [9.17, 15) is 35.6 Å². The van der Waals surface area contributed by atoms with Crippen LogP contribution in [0, 0.1) is 12.7 Å². The molecule has 0 saturated heterocycles. The van der Waals surface area contributed by atoms with E-state index in [1.54, 1.807) is 13.0 Å². The smallest absolute Gasteiger partial charge is 0.352 e. The van der Waals surface area contributed by atoms with Crippen LogP contribution in [0.25, 0.3) is 0 Å². The van der Waals surface area contributed by atoms with E-state index in [2.05, 4.69) is 5.32 Å². The Morgan fingerprint density at radius 1 is 0.977 bits per heavy atom. The Balaban J connectivity index is 1.74. The predicted molar refractivity (Wildman–Crippen MR) is 154 cm³/mol. The zero-order valence-electron chi connectivity index (χ0n) is 23.8. The van der Waals surface area contributed by atoms with E-state index >= 15 is 0 Å². The van der Waals surface area contributed by atoms with Gasteiger partial charge < -0.3 is 10.2 Å². The largest absolute Gasteiger partial charge is 0.416 e. The number of nitrogens with one attached hydrogen (secondary N) is 1. The lowest BCUT2D eigenvalue weighted by molar-refractivity contribution is -0.139. The van der Waals surface area contributed by atoms with Crippen molar-refractivity contribution in [3.8, 4) is 0 Å². The molecule has 1 fully saturated rings. The van der Waals surface area contributed by atoms with Gasteiger partial charge in [-0.15, -0.1) is 0 Å². The first-order valence-electron chi connectivity index (χ1n) is 13.9. The molecule has 2 amide bonds. The van der Waals surface area contributed by atoms with Gasteiger partial charge in [-0.2, -0.15) is 13.2 Å². The Kier molecular flexibility index (Phi) is 9.79. The minimum absolute atomic E-state index is 0.0797. The van der Waals surface area contributed by atoms with Crippen LogP contribution in [0.15, 0.2) is 77.7 Å². The molecule has 1 atom stereocenters. The fraction of sp³-hybridized carbons (Fsp3) is 0.355. The van der Waals surface area contributed by atoms with Crippen LogP contribution < -0.4 is 9.62 Å². The summed E-state index contributed by atoms with van der Waals surface area (Å²) in [5.41, 5.74) is -0.658. The van der Waals surface area contributed by atoms with Crippen LogP contribution in [0.5, 0.6) is 0 Å². The number of carbonyl (C=O) groups is 2. The normalized spacial score (nSPS) is 14.7. The van der Waals surface area contributed by atoms with E-state index in [0.717, 1.165) is 54.3 Å². The zero-order valence-corrected chi connectivity index (χ0v) is 24.6. The van der Waals surface area contributed by atoms with Gasteiger partial charge in [-0.25, -0.2) is 12.8 Å². The maximum absolute atomic E-state index is 14.7. The number of alkyl halides is 3. The summed E-state index contributed by atoms with van der Waals surface area (Å²) in [5.74, 6) is -2.03. The van der Waals surface area contributed by atoms with Crippen molar-refractivity contribution in [2.75, 3.05) is 10.8 Å². The summed E-state index contributed by atoms with van der Waals surface area (Å²) in [5, 5.41) is 2.90. The fourth-order valence-corrected chi connectivity index (χ4v) is 6.39. The molecule has 43 heavy (non-hydrogen) atoms. The summed E-state index contributed by atoms with van der Waals surface area (Å²) in [6.07, 6.45) is -1.33. The molecule has 3 aromatic carbocycles. The molecule has 1 saturated carbocycles. The highest BCUT2D eigenvalue weighted by Gasteiger charge is 2.36. The molecule has 7 nitrogen and oxygen atoms in total. The van der Waals surface area contributed by atoms with Crippen LogP contribution in [0.3, 0.4) is 0 Å². The molecule has 4 rings (SSSR count). The number of amides is 2. The van der Waals surface area contributed by atoms with Crippen LogP contribution >= 0.6 is 0 Å². The number of benzene rings is 3. The summed E-state index contributed by atoms with van der Waals surface area (Å²) in [6, 6.07) is 13.7. The third-order valence-corrected chi connectivity index (χ3v) is 9.30. The van der Waals surface area contributed by atoms with Crippen molar-refractivity contribution in [2.45, 2.75) is 69.2 Å². The quantitative estimate of drug-likeness (QED) is 0.290. The van der Waals surface area contributed by atoms with Crippen molar-refractivity contribution >= 4 is 27.5 Å². The predicted octanol–water partition coefficient (Wildman–Crippen LogP) is 5.82. The molecule has 1 aliphatic rings. The molecule has 1 aliphatic carbocycles. The number of hydrogen-bond donors (Lipinski definition) is 1. The first kappa shape index (κ1) is 32.0. The summed E-state index contributed by atoms with van der Waals surface area (Å²) < 4.78 is 83.8. The van der Waals surface area contributed by atoms with Gasteiger partial charge in [0.2, 0.25) is 11.8 Å². The molecule has 0 heterocycles. The van der Waals surface area contributed by atoms with E-state index in [-0.39, 0.29) is 23.0 Å². The number of anilines is 1. The number of sulfonamides is 1. The molecule has 12 heteroatoms. The van der Waals surface area contributed by atoms with Crippen molar-refractivity contribution in [3.63, 3.8) is 0 Å². The lowest BCUT2D eigenvalue weighted by Gasteiger charge is -2.32. The second-order valence-corrected chi connectivity index (χ2v) is 12.5. The van der Waals surface area contributed by atoms with E-state index in [1.165, 1.54) is 49.4 Å². The minimum Gasteiger partial charge on any atom is -0.352 e. The highest BCUT2D eigenvalue weighted by molar-refractivity contribution is 7.92. The minimum atomic E-state index is -4.77. The van der Waals surface area contributed by atoms with Gasteiger partial charge in [-0.3, -0.25) is 13.9 Å². The van der Waals surface area contributed by atoms with Crippen molar-refractivity contribution in [1.29, 1.82) is 0 Å². The van der Waals surface area contributed by atoms with Crippen molar-refractivity contribution in [1.82, 2.24) is 10.2 Å². The van der Waals surface area contributed by atoms with Crippen molar-refractivity contribution < 1.29 is 35.6 Å². The molecule has 0 bridgehead atoms. The monoisotopic (exact) mass is 619 g/mol. The SMILES string of the molecule is Cc1ccc(S(=O)(=O)N(CC(=O)N(Cc2ccccc2F)[C@H](C)C(=O)NC2CCCC2)c2cccc(C(F)(F)F)c2)cc1. The summed E-state index contributed by atoms with van der Waals surface area (Å²) >= 11 is 0. The third-order valence-electron chi connectivity index (χ3n) is 7.52. The van der Waals surface area contributed by atoms with Gasteiger partial charge in [0.25, 0.3) is 10.0 Å². The highest BCUT2D eigenvalue weighted by atomic mass is 32.2. The number of halogens is 4. The van der Waals surface area contributed by atoms with Crippen LogP contribution in [-0.2, 0) is 32.3 Å². The first-order chi connectivity index (χ1) is 20.3. The Morgan fingerprint density at radius 2 is 1.63 bits per heavy atom. The summed E-state index contributed by atoms with van der Waals surface area (Å²) in [4.78, 5) is 28.0. The van der Waals surface area contributed by atoms with Gasteiger partial charge in [-0.1, -0.05) is 54.8 Å². The molecule has 230 valence electrons. The van der Waals surface area contributed by atoms with Crippen LogP contribution in [0.4, 0.5) is 23.2 Å². The number of hydrogen-bond acceptors (Lipinski definition) is 4. The number of rotatable bonds is 10. The highest BCUT2D eigenvalue weighted by Crippen LogP contribution is 2.33. The molecular formula is C31H33F4N3O4S. The van der Waals surface area contributed by atoms with Gasteiger partial charge in [0.1, 0.15) is 18.4 Å². The fourth-order valence-electron chi connectivity index (χ4n) is 4.99. The molecule has 0 radical (unpaired) electrons. The first-order valence-corrected chi connectivity index (χ1v) is 15.3. The molecule has 0 unspecified atom stereocenters. The molecular weight excluding hydrogens is 586 g/mol. The van der Waals surface area contributed by atoms with Gasteiger partial charge in [0, 0.05) is 18.2 Å². The zero-order chi connectivity index (χ0) is 31.4. The molecule has 0 spiro atoms. The average Bonchev–Trinajstić information content (AvgIpc) is 3.48. The standard InChI is InChI=1S/C31H33F4N3O4S/c1-21-14-16-27(17-15-21)43(41,42)38(26-12-7-9-24(18-26)31(33,34)35)20-29(39)37(19-23-8-3-6-13-28(23)32)22(2)30(40)36-25-10-4-5-11-25/h3,6-9,12-18,22,25H,4-5,10-11,19-20H2,1-2H3,(H,36,40)/t22-/m1/s1. The lowest BCUT2D eigenvalue weighted by atomic mass is 10.1. The summed E-state index contributed by atoms with van der Waals surface area (Å²) in [7, 11) is -4.56. The Labute approximate surface area is 248 Å². The second-order valence-electron chi connectivity index (χ2n) is 10.7. The van der Waals surface area contributed by atoms with E-state index in [1.807, 2.05) is 0 Å². The van der Waals surface area contributed by atoms with Gasteiger partial charge in [0.15, 0.2) is 0 Å². The van der Waals surface area contributed by atoms with Gasteiger partial charge in [0.05, 0.1) is 16.1 Å². The Hall–Kier alpha value is -3.93. The molecule has 3 aromatic rings. The van der Waals surface area contributed by atoms with Crippen LogP contribution in [-0.4, -0.2) is 43.8 Å². The summed E-state index contributed by atoms with van der Waals surface area (Å²) in [6.45, 7) is 1.88. The van der Waals surface area contributed by atoms with Gasteiger partial charge in [-0.05, 0) is 63.1 Å². The van der Waals surface area contributed by atoms with Crippen molar-refractivity contribution in [3.05, 3.63) is 95.3 Å². The molecule has 0 aliphatic heterocycles. The van der Waals surface area contributed by atoms with Crippen molar-refractivity contribution in [2.24, 2.45) is 0 Å².